The maximum atomic E-state index is 14.4. The predicted octanol–water partition coefficient (Wildman–Crippen LogP) is 5.10. The van der Waals surface area contributed by atoms with Gasteiger partial charge in [-0.2, -0.15) is 0 Å². The molecule has 2 aromatic carbocycles. The van der Waals surface area contributed by atoms with E-state index in [1.54, 1.807) is 17.0 Å². The van der Waals surface area contributed by atoms with Crippen LogP contribution in [0.2, 0.25) is 0 Å². The summed E-state index contributed by atoms with van der Waals surface area (Å²) in [5, 5.41) is 3.14. The van der Waals surface area contributed by atoms with Gasteiger partial charge in [0, 0.05) is 12.7 Å². The van der Waals surface area contributed by atoms with E-state index in [9.17, 15) is 4.39 Å². The molecule has 0 bridgehead atoms. The van der Waals surface area contributed by atoms with E-state index in [-0.39, 0.29) is 5.82 Å². The predicted molar refractivity (Wildman–Crippen MR) is 91.2 cm³/mol. The molecule has 4 heteroatoms. The lowest BCUT2D eigenvalue weighted by atomic mass is 10.1. The van der Waals surface area contributed by atoms with Gasteiger partial charge < -0.3 is 9.88 Å². The number of hydrogen-bond acceptors (Lipinski definition) is 2. The van der Waals surface area contributed by atoms with Gasteiger partial charge in [0.15, 0.2) is 5.82 Å². The molecule has 0 radical (unpaired) electrons. The van der Waals surface area contributed by atoms with Crippen LogP contribution in [0.3, 0.4) is 0 Å². The molecular weight excluding hydrogens is 277 g/mol. The zero-order valence-electron chi connectivity index (χ0n) is 13.7. The van der Waals surface area contributed by atoms with Crippen LogP contribution in [0, 0.1) is 19.7 Å². The Bertz CT molecular complexity index is 790. The minimum Gasteiger partial charge on any atom is -0.353 e. The summed E-state index contributed by atoms with van der Waals surface area (Å²) in [5.41, 5.74) is 4.81. The zero-order valence-corrected chi connectivity index (χ0v) is 13.7. The lowest BCUT2D eigenvalue weighted by Crippen LogP contribution is -1.97. The van der Waals surface area contributed by atoms with Gasteiger partial charge in [0.05, 0.1) is 17.5 Å². The minimum atomic E-state index is -0.317. The number of rotatable bonds is 2. The number of nitrogens with one attached hydrogen (secondary N) is 1. The molecule has 0 saturated carbocycles. The van der Waals surface area contributed by atoms with E-state index < -0.39 is 0 Å². The number of fused-ring (bicyclic) bond motifs is 1. The van der Waals surface area contributed by atoms with E-state index in [4.69, 9.17) is 0 Å². The lowest BCUT2D eigenvalue weighted by Gasteiger charge is -2.11. The van der Waals surface area contributed by atoms with Crippen LogP contribution < -0.4 is 5.32 Å². The number of anilines is 2. The first kappa shape index (κ1) is 16.0. The molecule has 1 aromatic heterocycles. The van der Waals surface area contributed by atoms with Crippen LogP contribution in [0.5, 0.6) is 0 Å². The third-order valence-corrected chi connectivity index (χ3v) is 3.49. The van der Waals surface area contributed by atoms with Gasteiger partial charge >= 0.3 is 0 Å². The van der Waals surface area contributed by atoms with E-state index in [0.29, 0.717) is 11.2 Å². The highest BCUT2D eigenvalue weighted by Gasteiger charge is 2.11. The molecule has 22 heavy (non-hydrogen) atoms. The molecule has 1 N–H and O–H groups in total. The molecule has 3 nitrogen and oxygen atoms in total. The van der Waals surface area contributed by atoms with Gasteiger partial charge in [-0.25, -0.2) is 9.37 Å². The van der Waals surface area contributed by atoms with Crippen LogP contribution in [-0.4, -0.2) is 9.55 Å². The number of nitrogens with zero attached hydrogens (tertiary/aromatic N) is 2. The number of aryl methyl sites for hydroxylation is 3. The quantitative estimate of drug-likeness (QED) is 0.713. The van der Waals surface area contributed by atoms with Crippen molar-refractivity contribution in [1.82, 2.24) is 9.55 Å². The molecule has 3 aromatic rings. The van der Waals surface area contributed by atoms with E-state index in [1.807, 2.05) is 52.9 Å². The Morgan fingerprint density at radius 2 is 1.73 bits per heavy atom. The highest BCUT2D eigenvalue weighted by Crippen LogP contribution is 2.27. The number of imidazole rings is 1. The zero-order chi connectivity index (χ0) is 16.3. The third kappa shape index (κ3) is 2.96. The minimum absolute atomic E-state index is 0.317. The van der Waals surface area contributed by atoms with Crippen LogP contribution in [-0.2, 0) is 7.05 Å². The first-order valence-corrected chi connectivity index (χ1v) is 7.50. The maximum Gasteiger partial charge on any atom is 0.174 e. The summed E-state index contributed by atoms with van der Waals surface area (Å²) in [6.07, 6.45) is 1.62. The molecule has 116 valence electrons. The lowest BCUT2D eigenvalue weighted by molar-refractivity contribution is 0.641. The summed E-state index contributed by atoms with van der Waals surface area (Å²) in [6.45, 7) is 8.05. The molecule has 0 unspecified atom stereocenters. The van der Waals surface area contributed by atoms with Crippen LogP contribution in [0.4, 0.5) is 15.8 Å². The second-order valence-corrected chi connectivity index (χ2v) is 5.09. The second-order valence-electron chi connectivity index (χ2n) is 5.09. The fourth-order valence-corrected chi connectivity index (χ4v) is 2.36. The molecule has 0 fully saturated rings. The van der Waals surface area contributed by atoms with E-state index in [0.717, 1.165) is 16.8 Å². The molecule has 1 heterocycles. The second kappa shape index (κ2) is 6.60. The summed E-state index contributed by atoms with van der Waals surface area (Å²) < 4.78 is 16.2. The Hall–Kier alpha value is -2.36. The van der Waals surface area contributed by atoms with Crippen LogP contribution in [0.1, 0.15) is 25.0 Å². The SMILES string of the molecule is CC.Cc1ccc(Nc2ccc3c(ncn3C)c2F)c(C)c1. The first-order chi connectivity index (χ1) is 10.6. The highest BCUT2D eigenvalue weighted by molar-refractivity contribution is 5.82. The van der Waals surface area contributed by atoms with Crippen LogP contribution >= 0.6 is 0 Å². The van der Waals surface area contributed by atoms with E-state index in [2.05, 4.69) is 16.4 Å². The fraction of sp³-hybridized carbons (Fsp3) is 0.278. The van der Waals surface area contributed by atoms with Crippen molar-refractivity contribution in [3.05, 3.63) is 53.6 Å². The molecule has 0 spiro atoms. The van der Waals surface area contributed by atoms with Crippen molar-refractivity contribution in [2.75, 3.05) is 5.32 Å². The van der Waals surface area contributed by atoms with Gasteiger partial charge in [-0.15, -0.1) is 0 Å². The van der Waals surface area contributed by atoms with Gasteiger partial charge in [-0.05, 0) is 37.6 Å². The summed E-state index contributed by atoms with van der Waals surface area (Å²) in [4.78, 5) is 4.10. The summed E-state index contributed by atoms with van der Waals surface area (Å²) >= 11 is 0. The Kier molecular flexibility index (Phi) is 4.81. The average Bonchev–Trinajstić information content (AvgIpc) is 2.89. The topological polar surface area (TPSA) is 29.9 Å². The molecule has 0 amide bonds. The largest absolute Gasteiger partial charge is 0.353 e. The number of halogens is 1. The van der Waals surface area contributed by atoms with Crippen molar-refractivity contribution in [1.29, 1.82) is 0 Å². The molecular formula is C18H22FN3. The Labute approximate surface area is 130 Å². The average molecular weight is 299 g/mol. The Morgan fingerprint density at radius 3 is 2.41 bits per heavy atom. The van der Waals surface area contributed by atoms with Crippen molar-refractivity contribution >= 4 is 22.4 Å². The van der Waals surface area contributed by atoms with Crippen LogP contribution in [0.15, 0.2) is 36.7 Å². The molecule has 0 atom stereocenters. The number of benzene rings is 2. The third-order valence-electron chi connectivity index (χ3n) is 3.49. The number of hydrogen-bond donors (Lipinski definition) is 1. The molecule has 0 aliphatic carbocycles. The highest BCUT2D eigenvalue weighted by atomic mass is 19.1. The molecule has 3 rings (SSSR count). The van der Waals surface area contributed by atoms with Crippen LogP contribution in [0.25, 0.3) is 11.0 Å². The monoisotopic (exact) mass is 299 g/mol. The molecule has 0 saturated heterocycles. The summed E-state index contributed by atoms with van der Waals surface area (Å²) in [7, 11) is 1.85. The van der Waals surface area contributed by atoms with Crippen molar-refractivity contribution in [2.45, 2.75) is 27.7 Å². The van der Waals surface area contributed by atoms with Gasteiger partial charge in [-0.3, -0.25) is 0 Å². The van der Waals surface area contributed by atoms with Crippen molar-refractivity contribution in [3.63, 3.8) is 0 Å². The number of aromatic nitrogens is 2. The standard InChI is InChI=1S/C16H16FN3.C2H6/c1-10-4-5-12(11(2)8-10)19-13-6-7-14-16(15(13)17)18-9-20(14)3;1-2/h4-9,19H,1-3H3;1-2H3. The van der Waals surface area contributed by atoms with Gasteiger partial charge in [0.2, 0.25) is 0 Å². The normalized spacial score (nSPS) is 10.3. The molecule has 0 aliphatic heterocycles. The van der Waals surface area contributed by atoms with E-state index in [1.165, 1.54) is 5.56 Å². The summed E-state index contributed by atoms with van der Waals surface area (Å²) in [6, 6.07) is 9.66. The maximum absolute atomic E-state index is 14.4. The van der Waals surface area contributed by atoms with Gasteiger partial charge in [-0.1, -0.05) is 31.5 Å². The fourth-order valence-electron chi connectivity index (χ4n) is 2.36. The van der Waals surface area contributed by atoms with Gasteiger partial charge in [0.25, 0.3) is 0 Å². The van der Waals surface area contributed by atoms with Crippen molar-refractivity contribution in [2.24, 2.45) is 7.05 Å². The first-order valence-electron chi connectivity index (χ1n) is 7.50. The van der Waals surface area contributed by atoms with Crippen molar-refractivity contribution < 1.29 is 4.39 Å². The van der Waals surface area contributed by atoms with E-state index >= 15 is 0 Å². The molecule has 0 aliphatic rings. The van der Waals surface area contributed by atoms with Crippen molar-refractivity contribution in [3.8, 4) is 0 Å². The Morgan fingerprint density at radius 1 is 1.05 bits per heavy atom. The smallest absolute Gasteiger partial charge is 0.174 e. The van der Waals surface area contributed by atoms with Gasteiger partial charge in [0.1, 0.15) is 5.52 Å². The Balaban J connectivity index is 0.000000847. The summed E-state index contributed by atoms with van der Waals surface area (Å²) in [5.74, 6) is -0.317.